The summed E-state index contributed by atoms with van der Waals surface area (Å²) in [6.45, 7) is 11.2. The van der Waals surface area contributed by atoms with E-state index in [2.05, 4.69) is 6.58 Å². The van der Waals surface area contributed by atoms with Crippen LogP contribution >= 0.6 is 0 Å². The van der Waals surface area contributed by atoms with Crippen molar-refractivity contribution in [2.45, 2.75) is 70.7 Å². The third-order valence-electron chi connectivity index (χ3n) is 4.84. The first-order valence-corrected chi connectivity index (χ1v) is 6.86. The molecule has 18 heavy (non-hydrogen) atoms. The maximum absolute atomic E-state index is 10.6. The van der Waals surface area contributed by atoms with Gasteiger partial charge in [0.05, 0.1) is 17.3 Å². The standard InChI is InChI=1S/C15H28O3/c1-10(2)13(16)7-9-15(5,18)12-6-8-14(4,17)11(12)3/h11-13,16-18H,1,6-9H2,2-5H3. The van der Waals surface area contributed by atoms with Gasteiger partial charge in [-0.2, -0.15) is 0 Å². The lowest BCUT2D eigenvalue weighted by Gasteiger charge is -2.36. The lowest BCUT2D eigenvalue weighted by Crippen LogP contribution is -2.41. The van der Waals surface area contributed by atoms with Crippen molar-refractivity contribution in [1.29, 1.82) is 0 Å². The number of hydrogen-bond donors (Lipinski definition) is 3. The van der Waals surface area contributed by atoms with Crippen molar-refractivity contribution in [3.63, 3.8) is 0 Å². The highest BCUT2D eigenvalue weighted by atomic mass is 16.3. The molecule has 0 aromatic carbocycles. The molecule has 0 aromatic rings. The highest BCUT2D eigenvalue weighted by Gasteiger charge is 2.48. The van der Waals surface area contributed by atoms with Gasteiger partial charge in [0.25, 0.3) is 0 Å². The molecule has 106 valence electrons. The Balaban J connectivity index is 2.62. The Hall–Kier alpha value is -0.380. The molecule has 0 aromatic heterocycles. The molecule has 3 heteroatoms. The van der Waals surface area contributed by atoms with E-state index in [-0.39, 0.29) is 11.8 Å². The van der Waals surface area contributed by atoms with E-state index in [1.165, 1.54) is 0 Å². The Kier molecular flexibility index (Phi) is 4.63. The molecule has 5 unspecified atom stereocenters. The van der Waals surface area contributed by atoms with Crippen LogP contribution in [0.3, 0.4) is 0 Å². The first-order valence-electron chi connectivity index (χ1n) is 6.86. The number of hydrogen-bond acceptors (Lipinski definition) is 3. The predicted octanol–water partition coefficient (Wildman–Crippen LogP) is 2.25. The third-order valence-corrected chi connectivity index (χ3v) is 4.84. The van der Waals surface area contributed by atoms with Gasteiger partial charge in [0.2, 0.25) is 0 Å². The molecule has 0 bridgehead atoms. The van der Waals surface area contributed by atoms with Gasteiger partial charge in [-0.05, 0) is 58.3 Å². The quantitative estimate of drug-likeness (QED) is 0.661. The molecule has 0 heterocycles. The first-order chi connectivity index (χ1) is 8.08. The van der Waals surface area contributed by atoms with Crippen molar-refractivity contribution in [2.75, 3.05) is 0 Å². The molecule has 5 atom stereocenters. The van der Waals surface area contributed by atoms with Crippen molar-refractivity contribution < 1.29 is 15.3 Å². The fourth-order valence-corrected chi connectivity index (χ4v) is 3.07. The first kappa shape index (κ1) is 15.7. The van der Waals surface area contributed by atoms with Gasteiger partial charge in [-0.15, -0.1) is 0 Å². The Morgan fingerprint density at radius 3 is 2.50 bits per heavy atom. The van der Waals surface area contributed by atoms with E-state index < -0.39 is 17.3 Å². The molecule has 3 N–H and O–H groups in total. The number of rotatable bonds is 5. The predicted molar refractivity (Wildman–Crippen MR) is 73.2 cm³/mol. The monoisotopic (exact) mass is 256 g/mol. The largest absolute Gasteiger partial charge is 0.390 e. The fraction of sp³-hybridized carbons (Fsp3) is 0.867. The van der Waals surface area contributed by atoms with Gasteiger partial charge >= 0.3 is 0 Å². The third kappa shape index (κ3) is 3.34. The van der Waals surface area contributed by atoms with E-state index in [1.54, 1.807) is 6.92 Å². The number of aliphatic hydroxyl groups excluding tert-OH is 1. The summed E-state index contributed by atoms with van der Waals surface area (Å²) < 4.78 is 0. The summed E-state index contributed by atoms with van der Waals surface area (Å²) in [5, 5.41) is 30.5. The van der Waals surface area contributed by atoms with Gasteiger partial charge in [0.1, 0.15) is 0 Å². The fourth-order valence-electron chi connectivity index (χ4n) is 3.07. The summed E-state index contributed by atoms with van der Waals surface area (Å²) in [4.78, 5) is 0. The molecule has 3 nitrogen and oxygen atoms in total. The maximum Gasteiger partial charge on any atom is 0.0745 e. The summed E-state index contributed by atoms with van der Waals surface area (Å²) in [6, 6.07) is 0. The second-order valence-electron chi connectivity index (χ2n) is 6.55. The molecule has 1 rings (SSSR count). The molecule has 1 fully saturated rings. The molecule has 1 saturated carbocycles. The van der Waals surface area contributed by atoms with Gasteiger partial charge in [0, 0.05) is 0 Å². The average Bonchev–Trinajstić information content (AvgIpc) is 2.51. The van der Waals surface area contributed by atoms with E-state index in [0.29, 0.717) is 12.8 Å². The lowest BCUT2D eigenvalue weighted by molar-refractivity contribution is -0.0591. The van der Waals surface area contributed by atoms with E-state index in [4.69, 9.17) is 0 Å². The van der Waals surface area contributed by atoms with Crippen LogP contribution in [-0.2, 0) is 0 Å². The van der Waals surface area contributed by atoms with Crippen LogP contribution in [0.1, 0.15) is 53.4 Å². The van der Waals surface area contributed by atoms with Crippen LogP contribution in [0.4, 0.5) is 0 Å². The topological polar surface area (TPSA) is 60.7 Å². The zero-order valence-electron chi connectivity index (χ0n) is 12.1. The second kappa shape index (κ2) is 5.32. The Bertz CT molecular complexity index is 307. The molecule has 0 saturated heterocycles. The van der Waals surface area contributed by atoms with Crippen molar-refractivity contribution in [1.82, 2.24) is 0 Å². The summed E-state index contributed by atoms with van der Waals surface area (Å²) in [7, 11) is 0. The zero-order chi connectivity index (χ0) is 14.1. The molecule has 0 aliphatic heterocycles. The summed E-state index contributed by atoms with van der Waals surface area (Å²) in [6.07, 6.45) is 2.08. The molecule has 1 aliphatic rings. The Labute approximate surface area is 111 Å². The molecule has 0 radical (unpaired) electrons. The van der Waals surface area contributed by atoms with Crippen LogP contribution in [0.15, 0.2) is 12.2 Å². The van der Waals surface area contributed by atoms with Crippen molar-refractivity contribution in [2.24, 2.45) is 11.8 Å². The van der Waals surface area contributed by atoms with Gasteiger partial charge in [0.15, 0.2) is 0 Å². The van der Waals surface area contributed by atoms with Gasteiger partial charge in [-0.25, -0.2) is 0 Å². The van der Waals surface area contributed by atoms with Gasteiger partial charge < -0.3 is 15.3 Å². The minimum atomic E-state index is -0.837. The summed E-state index contributed by atoms with van der Waals surface area (Å²) >= 11 is 0. The van der Waals surface area contributed by atoms with Crippen LogP contribution in [0.25, 0.3) is 0 Å². The molecular formula is C15H28O3. The highest BCUT2D eigenvalue weighted by molar-refractivity contribution is 5.01. The van der Waals surface area contributed by atoms with Crippen molar-refractivity contribution >= 4 is 0 Å². The summed E-state index contributed by atoms with van der Waals surface area (Å²) in [5.41, 5.74) is -0.782. The molecular weight excluding hydrogens is 228 g/mol. The Morgan fingerprint density at radius 1 is 1.56 bits per heavy atom. The molecule has 0 amide bonds. The average molecular weight is 256 g/mol. The number of aliphatic hydroxyl groups is 3. The van der Waals surface area contributed by atoms with E-state index in [0.717, 1.165) is 18.4 Å². The Morgan fingerprint density at radius 2 is 2.11 bits per heavy atom. The van der Waals surface area contributed by atoms with Crippen LogP contribution in [0.5, 0.6) is 0 Å². The van der Waals surface area contributed by atoms with Crippen LogP contribution in [0, 0.1) is 11.8 Å². The minimum Gasteiger partial charge on any atom is -0.390 e. The van der Waals surface area contributed by atoms with Crippen LogP contribution in [0.2, 0.25) is 0 Å². The van der Waals surface area contributed by atoms with E-state index in [9.17, 15) is 15.3 Å². The lowest BCUT2D eigenvalue weighted by atomic mass is 9.76. The maximum atomic E-state index is 10.6. The molecule has 0 spiro atoms. The zero-order valence-corrected chi connectivity index (χ0v) is 12.1. The SMILES string of the molecule is C=C(C)C(O)CCC(C)(O)C1CCC(C)(O)C1C. The van der Waals surface area contributed by atoms with Crippen LogP contribution in [-0.4, -0.2) is 32.6 Å². The smallest absolute Gasteiger partial charge is 0.0745 e. The van der Waals surface area contributed by atoms with Crippen LogP contribution < -0.4 is 0 Å². The summed E-state index contributed by atoms with van der Waals surface area (Å²) in [5.74, 6) is 0.166. The second-order valence-corrected chi connectivity index (χ2v) is 6.55. The normalized spacial score (nSPS) is 37.3. The van der Waals surface area contributed by atoms with Crippen molar-refractivity contribution in [3.05, 3.63) is 12.2 Å². The van der Waals surface area contributed by atoms with Crippen molar-refractivity contribution in [3.8, 4) is 0 Å². The van der Waals surface area contributed by atoms with E-state index >= 15 is 0 Å². The van der Waals surface area contributed by atoms with E-state index in [1.807, 2.05) is 20.8 Å². The van der Waals surface area contributed by atoms with Gasteiger partial charge in [-0.3, -0.25) is 0 Å². The molecule has 1 aliphatic carbocycles. The highest BCUT2D eigenvalue weighted by Crippen LogP contribution is 2.46. The minimum absolute atomic E-state index is 0.0782. The van der Waals surface area contributed by atoms with Gasteiger partial charge in [-0.1, -0.05) is 19.1 Å².